The molecule has 0 radical (unpaired) electrons. The molecule has 5 nitrogen and oxygen atoms in total. The zero-order chi connectivity index (χ0) is 19.7. The molecule has 0 aliphatic carbocycles. The molecule has 1 saturated heterocycles. The highest BCUT2D eigenvalue weighted by Crippen LogP contribution is 2.37. The summed E-state index contributed by atoms with van der Waals surface area (Å²) in [4.78, 5) is 11.6. The van der Waals surface area contributed by atoms with Crippen LogP contribution in [0.1, 0.15) is 20.8 Å². The molecule has 1 aliphatic heterocycles. The summed E-state index contributed by atoms with van der Waals surface area (Å²) in [5.74, 6) is -0.807. The minimum Gasteiger partial charge on any atom is -0.455 e. The Hall–Kier alpha value is -1.99. The van der Waals surface area contributed by atoms with Crippen molar-refractivity contribution in [3.8, 4) is 0 Å². The highest BCUT2D eigenvalue weighted by atomic mass is 28.4. The fraction of sp³-hybridized carbons (Fsp3) is 0.381. The Kier molecular flexibility index (Phi) is 5.53. The first-order valence-corrected chi connectivity index (χ1v) is 11.0. The van der Waals surface area contributed by atoms with E-state index in [2.05, 4.69) is 45.0 Å². The molecule has 0 spiro atoms. The number of benzene rings is 2. The molecule has 2 aromatic rings. The van der Waals surface area contributed by atoms with Crippen LogP contribution in [0.5, 0.6) is 0 Å². The van der Waals surface area contributed by atoms with Crippen LogP contribution in [0.15, 0.2) is 60.7 Å². The molecule has 2 N–H and O–H groups in total. The number of cyclic esters (lactones) is 1. The third-order valence-electron chi connectivity index (χ3n) is 5.09. The van der Waals surface area contributed by atoms with Gasteiger partial charge in [-0.3, -0.25) is 0 Å². The molecule has 0 saturated carbocycles. The van der Waals surface area contributed by atoms with Crippen LogP contribution < -0.4 is 10.4 Å². The summed E-state index contributed by atoms with van der Waals surface area (Å²) < 4.78 is 11.7. The fourth-order valence-electron chi connectivity index (χ4n) is 3.73. The van der Waals surface area contributed by atoms with Gasteiger partial charge < -0.3 is 19.4 Å². The van der Waals surface area contributed by atoms with Crippen LogP contribution in [0, 0.1) is 0 Å². The number of hydrogen-bond donors (Lipinski definition) is 2. The summed E-state index contributed by atoms with van der Waals surface area (Å²) >= 11 is 0. The Morgan fingerprint density at radius 2 is 1.44 bits per heavy atom. The van der Waals surface area contributed by atoms with E-state index in [1.807, 2.05) is 36.4 Å². The van der Waals surface area contributed by atoms with Gasteiger partial charge >= 0.3 is 5.97 Å². The minimum atomic E-state index is -2.77. The van der Waals surface area contributed by atoms with Gasteiger partial charge in [-0.25, -0.2) is 4.79 Å². The van der Waals surface area contributed by atoms with Crippen LogP contribution in [0.2, 0.25) is 5.04 Å². The second kappa shape index (κ2) is 7.56. The first-order valence-electron chi connectivity index (χ1n) is 9.09. The van der Waals surface area contributed by atoms with Gasteiger partial charge in [-0.15, -0.1) is 0 Å². The third kappa shape index (κ3) is 3.58. The normalized spacial score (nSPS) is 23.3. The predicted molar refractivity (Wildman–Crippen MR) is 105 cm³/mol. The van der Waals surface area contributed by atoms with Gasteiger partial charge in [-0.2, -0.15) is 0 Å². The van der Waals surface area contributed by atoms with Gasteiger partial charge in [-0.05, 0) is 15.4 Å². The van der Waals surface area contributed by atoms with Crippen molar-refractivity contribution in [3.05, 3.63) is 60.7 Å². The van der Waals surface area contributed by atoms with Crippen molar-refractivity contribution in [1.29, 1.82) is 0 Å². The Morgan fingerprint density at radius 1 is 0.963 bits per heavy atom. The van der Waals surface area contributed by atoms with E-state index in [4.69, 9.17) is 9.16 Å². The van der Waals surface area contributed by atoms with Crippen molar-refractivity contribution in [2.75, 3.05) is 6.61 Å². The van der Waals surface area contributed by atoms with Gasteiger partial charge in [0.1, 0.15) is 6.10 Å². The fourth-order valence-corrected chi connectivity index (χ4v) is 8.30. The molecular weight excluding hydrogens is 360 g/mol. The molecule has 1 aliphatic rings. The third-order valence-corrected chi connectivity index (χ3v) is 10.1. The van der Waals surface area contributed by atoms with E-state index < -0.39 is 32.6 Å². The van der Waals surface area contributed by atoms with Crippen LogP contribution in [-0.4, -0.2) is 49.4 Å². The van der Waals surface area contributed by atoms with Gasteiger partial charge in [0.2, 0.25) is 0 Å². The Morgan fingerprint density at radius 3 is 1.81 bits per heavy atom. The highest BCUT2D eigenvalue weighted by Gasteiger charge is 2.52. The molecular formula is C21H26O5Si. The molecule has 27 heavy (non-hydrogen) atoms. The summed E-state index contributed by atoms with van der Waals surface area (Å²) in [5, 5.41) is 21.8. The van der Waals surface area contributed by atoms with Crippen LogP contribution in [-0.2, 0) is 14.0 Å². The molecule has 144 valence electrons. The number of ether oxygens (including phenoxy) is 1. The van der Waals surface area contributed by atoms with E-state index in [0.29, 0.717) is 0 Å². The number of carbonyl (C=O) groups is 1. The molecule has 0 bridgehead atoms. The Labute approximate surface area is 160 Å². The van der Waals surface area contributed by atoms with E-state index in [-0.39, 0.29) is 11.6 Å². The Bertz CT molecular complexity index is 733. The summed E-state index contributed by atoms with van der Waals surface area (Å²) in [7, 11) is -2.77. The van der Waals surface area contributed by atoms with Gasteiger partial charge in [0.05, 0.1) is 6.61 Å². The molecule has 0 amide bonds. The lowest BCUT2D eigenvalue weighted by Gasteiger charge is -2.43. The summed E-state index contributed by atoms with van der Waals surface area (Å²) in [6.07, 6.45) is -3.68. The molecule has 1 fully saturated rings. The second-order valence-corrected chi connectivity index (χ2v) is 12.2. The lowest BCUT2D eigenvalue weighted by molar-refractivity contribution is -0.148. The zero-order valence-electron chi connectivity index (χ0n) is 15.8. The first kappa shape index (κ1) is 19.8. The first-order chi connectivity index (χ1) is 12.8. The minimum absolute atomic E-state index is 0.0250. The average molecular weight is 387 g/mol. The zero-order valence-corrected chi connectivity index (χ0v) is 16.8. The van der Waals surface area contributed by atoms with Gasteiger partial charge in [0.25, 0.3) is 8.32 Å². The van der Waals surface area contributed by atoms with Crippen LogP contribution in [0.25, 0.3) is 0 Å². The van der Waals surface area contributed by atoms with Gasteiger partial charge in [-0.1, -0.05) is 81.4 Å². The number of aliphatic hydroxyl groups is 2. The van der Waals surface area contributed by atoms with Crippen LogP contribution >= 0.6 is 0 Å². The van der Waals surface area contributed by atoms with Crippen molar-refractivity contribution >= 4 is 24.7 Å². The summed E-state index contributed by atoms with van der Waals surface area (Å²) in [6, 6.07) is 20.2. The quantitative estimate of drug-likeness (QED) is 0.597. The lowest BCUT2D eigenvalue weighted by atomic mass is 10.1. The molecule has 0 unspecified atom stereocenters. The van der Waals surface area contributed by atoms with E-state index in [9.17, 15) is 15.0 Å². The van der Waals surface area contributed by atoms with E-state index >= 15 is 0 Å². The molecule has 3 rings (SSSR count). The van der Waals surface area contributed by atoms with Crippen LogP contribution in [0.4, 0.5) is 0 Å². The topological polar surface area (TPSA) is 76.0 Å². The highest BCUT2D eigenvalue weighted by molar-refractivity contribution is 6.99. The maximum atomic E-state index is 11.6. The lowest BCUT2D eigenvalue weighted by Crippen LogP contribution is -2.67. The van der Waals surface area contributed by atoms with Crippen LogP contribution in [0.3, 0.4) is 0 Å². The maximum absolute atomic E-state index is 11.6. The number of esters is 1. The summed E-state index contributed by atoms with van der Waals surface area (Å²) in [5.41, 5.74) is 0. The average Bonchev–Trinajstić information content (AvgIpc) is 2.90. The van der Waals surface area contributed by atoms with Crippen molar-refractivity contribution in [2.24, 2.45) is 0 Å². The van der Waals surface area contributed by atoms with E-state index in [1.54, 1.807) is 0 Å². The van der Waals surface area contributed by atoms with Crippen molar-refractivity contribution in [1.82, 2.24) is 0 Å². The molecule has 6 heteroatoms. The Balaban J connectivity index is 2.03. The van der Waals surface area contributed by atoms with Crippen molar-refractivity contribution < 1.29 is 24.2 Å². The van der Waals surface area contributed by atoms with E-state index in [1.165, 1.54) is 0 Å². The molecule has 3 atom stereocenters. The molecule has 0 aromatic heterocycles. The maximum Gasteiger partial charge on any atom is 0.338 e. The molecule has 1 heterocycles. The number of carbonyl (C=O) groups excluding carboxylic acids is 1. The smallest absolute Gasteiger partial charge is 0.338 e. The van der Waals surface area contributed by atoms with Gasteiger partial charge in [0.15, 0.2) is 12.2 Å². The largest absolute Gasteiger partial charge is 0.455 e. The number of aliphatic hydroxyl groups excluding tert-OH is 2. The second-order valence-electron chi connectivity index (χ2n) is 7.89. The number of hydrogen-bond acceptors (Lipinski definition) is 5. The standard InChI is InChI=1S/C21H26O5Si/c1-21(2,3)27(15-10-6-4-7-11-15,16-12-8-5-9-13-16)25-14-17-18(22)19(23)20(24)26-17/h4-13,17-19,22-23H,14H2,1-3H3/t17-,18+,19-/m1/s1. The van der Waals surface area contributed by atoms with Crippen molar-refractivity contribution in [2.45, 2.75) is 44.1 Å². The number of rotatable bonds is 5. The SMILES string of the molecule is CC(C)(C)[Si](OC[C@H]1OC(=O)[C@H](O)[C@H]1O)(c1ccccc1)c1ccccc1. The molecule has 2 aromatic carbocycles. The van der Waals surface area contributed by atoms with Crippen molar-refractivity contribution in [3.63, 3.8) is 0 Å². The predicted octanol–water partition coefficient (Wildman–Crippen LogP) is 1.21. The van der Waals surface area contributed by atoms with E-state index in [0.717, 1.165) is 10.4 Å². The summed E-state index contributed by atoms with van der Waals surface area (Å²) in [6.45, 7) is 6.46. The monoisotopic (exact) mass is 386 g/mol. The van der Waals surface area contributed by atoms with Gasteiger partial charge in [0, 0.05) is 0 Å².